The van der Waals surface area contributed by atoms with Crippen molar-refractivity contribution in [2.75, 3.05) is 19.8 Å². The second-order valence-electron chi connectivity index (χ2n) is 12.2. The van der Waals surface area contributed by atoms with Gasteiger partial charge in [0.15, 0.2) is 0 Å². The lowest BCUT2D eigenvalue weighted by Crippen LogP contribution is -2.29. The number of ether oxygens (including phenoxy) is 3. The molecule has 4 heterocycles. The molecule has 0 saturated carbocycles. The largest absolute Gasteiger partial charge is 0.494 e. The molecule has 7 nitrogen and oxygen atoms in total. The molecule has 1 aliphatic heterocycles. The van der Waals surface area contributed by atoms with E-state index < -0.39 is 7.12 Å². The van der Waals surface area contributed by atoms with Crippen LogP contribution < -0.4 is 19.7 Å². The second-order valence-corrected chi connectivity index (χ2v) is 15.9. The van der Waals surface area contributed by atoms with Crippen molar-refractivity contribution in [3.8, 4) is 69.5 Å². The third-order valence-corrected chi connectivity index (χ3v) is 12.6. The van der Waals surface area contributed by atoms with E-state index in [0.717, 1.165) is 60.9 Å². The number of hydrogen-bond acceptors (Lipinski definition) is 10. The zero-order valence-corrected chi connectivity index (χ0v) is 33.7. The summed E-state index contributed by atoms with van der Waals surface area (Å²) < 4.78 is 26.3. The van der Waals surface area contributed by atoms with E-state index in [1.807, 2.05) is 19.1 Å². The lowest BCUT2D eigenvalue weighted by atomic mass is 9.80. The summed E-state index contributed by atoms with van der Waals surface area (Å²) in [7, 11) is -1.40. The Bertz CT molecular complexity index is 2240. The number of nitrogens with zero attached hydrogens (tertiary/aromatic N) is 2. The van der Waals surface area contributed by atoms with Crippen LogP contribution >= 0.6 is 34.0 Å². The summed E-state index contributed by atoms with van der Waals surface area (Å²) in [5, 5.41) is 17.7. The molecule has 0 atom stereocenters. The Morgan fingerprint density at radius 3 is 1.46 bits per heavy atom. The Kier molecular flexibility index (Phi) is 14.3. The summed E-state index contributed by atoms with van der Waals surface area (Å²) in [4.78, 5) is 7.22. The molecule has 3 aromatic heterocycles. The van der Waals surface area contributed by atoms with Crippen molar-refractivity contribution in [2.24, 2.45) is 8.73 Å². The van der Waals surface area contributed by atoms with Crippen molar-refractivity contribution in [1.82, 2.24) is 0 Å². The molecule has 0 saturated heterocycles. The first kappa shape index (κ1) is 39.2. The summed E-state index contributed by atoms with van der Waals surface area (Å²) in [6.45, 7) is 7.97. The van der Waals surface area contributed by atoms with Crippen molar-refractivity contribution >= 4 is 69.3 Å². The van der Waals surface area contributed by atoms with Gasteiger partial charge in [-0.25, -0.2) is 0 Å². The van der Waals surface area contributed by atoms with Crippen LogP contribution in [0.4, 0.5) is 11.4 Å². The third-order valence-electron chi connectivity index (χ3n) is 8.26. The zero-order chi connectivity index (χ0) is 37.7. The highest BCUT2D eigenvalue weighted by Crippen LogP contribution is 2.56. The molecule has 1 aliphatic rings. The van der Waals surface area contributed by atoms with Crippen LogP contribution in [0.3, 0.4) is 0 Å². The highest BCUT2D eigenvalue weighted by atomic mass is 32.1. The van der Waals surface area contributed by atoms with Gasteiger partial charge in [0, 0.05) is 19.5 Å². The highest BCUT2D eigenvalue weighted by molar-refractivity contribution is 7.58. The van der Waals surface area contributed by atoms with Crippen molar-refractivity contribution in [3.63, 3.8) is 0 Å². The first-order chi connectivity index (χ1) is 26.5. The predicted octanol–water partition coefficient (Wildman–Crippen LogP) is 11.4. The number of hydrogen-bond donors (Lipinski definition) is 2. The first-order valence-corrected chi connectivity index (χ1v) is 21.1. The molecule has 0 bridgehead atoms. The number of benzene rings is 3. The summed E-state index contributed by atoms with van der Waals surface area (Å²) in [6, 6.07) is 32.1. The fourth-order valence-electron chi connectivity index (χ4n) is 5.28. The van der Waals surface area contributed by atoms with E-state index in [1.165, 1.54) is 51.7 Å². The van der Waals surface area contributed by atoms with E-state index in [-0.39, 0.29) is 0 Å². The Hall–Kier alpha value is -4.48. The third kappa shape index (κ3) is 10.2. The minimum atomic E-state index is -1.40. The molecular weight excluding hydrogens is 752 g/mol. The van der Waals surface area contributed by atoms with Gasteiger partial charge < -0.3 is 24.3 Å². The monoisotopic (exact) mass is 792 g/mol. The SMILES string of the molecule is CC#CCOc1ccc(-c2ccc(-c3sc(-c4ccc(-c5ccc(OCCCC)cc5)s4)c4c3N=S=N4)s2)cc1.CCCCOc1ccc(B(O)O)cc1. The van der Waals surface area contributed by atoms with Gasteiger partial charge in [0.2, 0.25) is 0 Å². The predicted molar refractivity (Wildman–Crippen MR) is 229 cm³/mol. The number of rotatable bonds is 15. The van der Waals surface area contributed by atoms with E-state index in [1.54, 1.807) is 58.3 Å². The quantitative estimate of drug-likeness (QED) is 0.0613. The van der Waals surface area contributed by atoms with E-state index in [4.69, 9.17) is 24.3 Å². The average Bonchev–Trinajstić information content (AvgIpc) is 4.02. The van der Waals surface area contributed by atoms with E-state index in [2.05, 4.69) is 95.1 Å². The molecular formula is C42H41BN2O5S4. The summed E-state index contributed by atoms with van der Waals surface area (Å²) >= 11 is 6.63. The minimum Gasteiger partial charge on any atom is -0.494 e. The Morgan fingerprint density at radius 2 is 1.02 bits per heavy atom. The molecule has 6 aromatic rings. The van der Waals surface area contributed by atoms with Gasteiger partial charge in [-0.2, -0.15) is 8.73 Å². The molecule has 0 fully saturated rings. The molecule has 0 spiro atoms. The molecule has 0 radical (unpaired) electrons. The Morgan fingerprint density at radius 1 is 0.574 bits per heavy atom. The van der Waals surface area contributed by atoms with Gasteiger partial charge in [-0.3, -0.25) is 0 Å². The van der Waals surface area contributed by atoms with Crippen LogP contribution in [-0.4, -0.2) is 37.0 Å². The normalized spacial score (nSPS) is 11.1. The molecule has 3 aromatic carbocycles. The lowest BCUT2D eigenvalue weighted by Gasteiger charge is -2.05. The Balaban J connectivity index is 0.000000300. The van der Waals surface area contributed by atoms with E-state index >= 15 is 0 Å². The molecule has 7 rings (SSSR count). The zero-order valence-electron chi connectivity index (χ0n) is 30.4. The van der Waals surface area contributed by atoms with Gasteiger partial charge in [-0.15, -0.1) is 39.9 Å². The number of unbranched alkanes of at least 4 members (excludes halogenated alkanes) is 2. The lowest BCUT2D eigenvalue weighted by molar-refractivity contribution is 0.309. The van der Waals surface area contributed by atoms with Crippen LogP contribution in [0.5, 0.6) is 17.2 Å². The van der Waals surface area contributed by atoms with Gasteiger partial charge in [0.1, 0.15) is 35.2 Å². The number of fused-ring (bicyclic) bond motifs is 1. The van der Waals surface area contributed by atoms with Gasteiger partial charge in [0.25, 0.3) is 0 Å². The molecule has 276 valence electrons. The molecule has 12 heteroatoms. The van der Waals surface area contributed by atoms with Crippen LogP contribution in [0.1, 0.15) is 46.5 Å². The maximum absolute atomic E-state index is 8.84. The van der Waals surface area contributed by atoms with Gasteiger partial charge >= 0.3 is 7.12 Å². The highest BCUT2D eigenvalue weighted by Gasteiger charge is 2.24. The van der Waals surface area contributed by atoms with Crippen molar-refractivity contribution in [3.05, 3.63) is 97.1 Å². The topological polar surface area (TPSA) is 92.9 Å². The van der Waals surface area contributed by atoms with Crippen LogP contribution in [0.25, 0.3) is 40.4 Å². The van der Waals surface area contributed by atoms with Crippen LogP contribution in [0.15, 0.2) is 106 Å². The average molecular weight is 793 g/mol. The van der Waals surface area contributed by atoms with Crippen molar-refractivity contribution < 1.29 is 24.3 Å². The van der Waals surface area contributed by atoms with E-state index in [0.29, 0.717) is 18.7 Å². The smallest absolute Gasteiger partial charge is 0.488 e. The molecule has 54 heavy (non-hydrogen) atoms. The van der Waals surface area contributed by atoms with Crippen LogP contribution in [0.2, 0.25) is 0 Å². The van der Waals surface area contributed by atoms with Gasteiger partial charge in [0.05, 0.1) is 34.3 Å². The maximum Gasteiger partial charge on any atom is 0.488 e. The van der Waals surface area contributed by atoms with Crippen molar-refractivity contribution in [2.45, 2.75) is 46.5 Å². The Labute approximate surface area is 333 Å². The molecule has 2 N–H and O–H groups in total. The van der Waals surface area contributed by atoms with Crippen LogP contribution in [0, 0.1) is 11.8 Å². The summed E-state index contributed by atoms with van der Waals surface area (Å²) in [5.41, 5.74) is 4.82. The van der Waals surface area contributed by atoms with Gasteiger partial charge in [-0.1, -0.05) is 44.7 Å². The molecule has 0 aliphatic carbocycles. The fourth-order valence-corrected chi connectivity index (χ4v) is 9.38. The second kappa shape index (κ2) is 19.7. The first-order valence-electron chi connectivity index (χ1n) is 17.9. The van der Waals surface area contributed by atoms with Gasteiger partial charge in [-0.05, 0) is 121 Å². The van der Waals surface area contributed by atoms with Crippen LogP contribution in [-0.2, 0) is 11.4 Å². The van der Waals surface area contributed by atoms with E-state index in [9.17, 15) is 0 Å². The molecule has 0 amide bonds. The van der Waals surface area contributed by atoms with Crippen molar-refractivity contribution in [1.29, 1.82) is 0 Å². The minimum absolute atomic E-state index is 0.406. The summed E-state index contributed by atoms with van der Waals surface area (Å²) in [6.07, 6.45) is 4.34. The fraction of sp³-hybridized carbons (Fsp3) is 0.238. The standard InChI is InChI=1S/C32H26N2O2S4.C10H15BO3/c1-3-5-19-35-23-11-7-21(8-12-23)25-15-17-27(37-25)31-29-30(34-40-33-29)32(39-31)28-18-16-26(38-28)22-9-13-24(14-10-22)36-20-6-4-2;1-2-3-8-14-10-6-4-9(5-7-10)11(12)13/h7-18H,3,5,19-20H2,1-2H3;4-7,12-13H,2-3,8H2,1H3. The molecule has 0 unspecified atom stereocenters. The maximum atomic E-state index is 8.84. The summed E-state index contributed by atoms with van der Waals surface area (Å²) in [5.74, 6) is 8.29. The number of thiophene rings is 3.